The Balaban J connectivity index is 1.97. The standard InChI is InChI=1S/C18H16N2O7S/c1-24-10-7-9(8-11(25-2)15(10)26-3)16(21)19-17-13(18(22)23)14(20-27-17)12-5-4-6-28-12/h4-8H,1-3H3,(H,19,21)(H,22,23). The lowest BCUT2D eigenvalue weighted by Crippen LogP contribution is -2.14. The molecule has 0 aliphatic carbocycles. The van der Waals surface area contributed by atoms with Crippen LogP contribution >= 0.6 is 11.3 Å². The molecule has 146 valence electrons. The molecule has 3 rings (SSSR count). The normalized spacial score (nSPS) is 10.4. The maximum absolute atomic E-state index is 12.7. The molecule has 0 bridgehead atoms. The third-order valence-corrected chi connectivity index (χ3v) is 4.69. The molecule has 10 heteroatoms. The molecule has 0 saturated heterocycles. The van der Waals surface area contributed by atoms with E-state index < -0.39 is 11.9 Å². The smallest absolute Gasteiger partial charge is 0.343 e. The van der Waals surface area contributed by atoms with Crippen molar-refractivity contribution in [2.24, 2.45) is 0 Å². The summed E-state index contributed by atoms with van der Waals surface area (Å²) in [6, 6.07) is 6.34. The molecular weight excluding hydrogens is 388 g/mol. The molecule has 28 heavy (non-hydrogen) atoms. The van der Waals surface area contributed by atoms with Crippen molar-refractivity contribution in [3.8, 4) is 27.8 Å². The molecule has 9 nitrogen and oxygen atoms in total. The highest BCUT2D eigenvalue weighted by molar-refractivity contribution is 7.13. The van der Waals surface area contributed by atoms with Crippen LogP contribution in [-0.4, -0.2) is 43.5 Å². The van der Waals surface area contributed by atoms with Crippen molar-refractivity contribution in [3.05, 3.63) is 40.8 Å². The zero-order valence-electron chi connectivity index (χ0n) is 15.1. The van der Waals surface area contributed by atoms with E-state index in [0.29, 0.717) is 10.6 Å². The van der Waals surface area contributed by atoms with Crippen molar-refractivity contribution < 1.29 is 33.4 Å². The van der Waals surface area contributed by atoms with Crippen LogP contribution in [0.3, 0.4) is 0 Å². The molecule has 0 fully saturated rings. The number of anilines is 1. The molecular formula is C18H16N2O7S. The Morgan fingerprint density at radius 1 is 1.14 bits per heavy atom. The summed E-state index contributed by atoms with van der Waals surface area (Å²) in [4.78, 5) is 25.0. The number of thiophene rings is 1. The van der Waals surface area contributed by atoms with Crippen molar-refractivity contribution in [1.82, 2.24) is 5.16 Å². The van der Waals surface area contributed by atoms with Gasteiger partial charge in [0, 0.05) is 5.56 Å². The van der Waals surface area contributed by atoms with Gasteiger partial charge in [0.2, 0.25) is 11.6 Å². The summed E-state index contributed by atoms with van der Waals surface area (Å²) in [7, 11) is 4.29. The first-order valence-electron chi connectivity index (χ1n) is 7.88. The molecule has 2 heterocycles. The molecule has 0 radical (unpaired) electrons. The Bertz CT molecular complexity index is 986. The number of aromatic nitrogens is 1. The number of carbonyl (C=O) groups excluding carboxylic acids is 1. The van der Waals surface area contributed by atoms with Gasteiger partial charge in [0.1, 0.15) is 5.69 Å². The fourth-order valence-electron chi connectivity index (χ4n) is 2.54. The van der Waals surface area contributed by atoms with Gasteiger partial charge in [-0.2, -0.15) is 0 Å². The molecule has 2 aromatic heterocycles. The quantitative estimate of drug-likeness (QED) is 0.615. The molecule has 0 unspecified atom stereocenters. The summed E-state index contributed by atoms with van der Waals surface area (Å²) in [5, 5.41) is 17.6. The van der Waals surface area contributed by atoms with Gasteiger partial charge in [-0.05, 0) is 23.6 Å². The maximum Gasteiger partial charge on any atom is 0.343 e. The van der Waals surface area contributed by atoms with Gasteiger partial charge in [0.15, 0.2) is 17.1 Å². The largest absolute Gasteiger partial charge is 0.493 e. The van der Waals surface area contributed by atoms with Crippen LogP contribution in [0.25, 0.3) is 10.6 Å². The van der Waals surface area contributed by atoms with Gasteiger partial charge >= 0.3 is 5.97 Å². The predicted molar refractivity (Wildman–Crippen MR) is 101 cm³/mol. The van der Waals surface area contributed by atoms with E-state index in [1.807, 2.05) is 0 Å². The average molecular weight is 404 g/mol. The van der Waals surface area contributed by atoms with Crippen LogP contribution in [0, 0.1) is 0 Å². The number of nitrogens with one attached hydrogen (secondary N) is 1. The number of carboxylic acid groups (broad SMARTS) is 1. The summed E-state index contributed by atoms with van der Waals surface area (Å²) >= 11 is 1.30. The predicted octanol–water partition coefficient (Wildman–Crippen LogP) is 3.38. The van der Waals surface area contributed by atoms with Gasteiger partial charge in [-0.25, -0.2) is 4.79 Å². The topological polar surface area (TPSA) is 120 Å². The number of benzene rings is 1. The van der Waals surface area contributed by atoms with E-state index in [1.54, 1.807) is 17.5 Å². The van der Waals surface area contributed by atoms with E-state index in [4.69, 9.17) is 18.7 Å². The third-order valence-electron chi connectivity index (χ3n) is 3.81. The highest BCUT2D eigenvalue weighted by atomic mass is 32.1. The number of hydrogen-bond acceptors (Lipinski definition) is 8. The average Bonchev–Trinajstić information content (AvgIpc) is 3.36. The van der Waals surface area contributed by atoms with E-state index in [1.165, 1.54) is 44.8 Å². The van der Waals surface area contributed by atoms with Crippen molar-refractivity contribution in [2.45, 2.75) is 0 Å². The van der Waals surface area contributed by atoms with Crippen LogP contribution in [0.4, 0.5) is 5.88 Å². The molecule has 3 aromatic rings. The van der Waals surface area contributed by atoms with Gasteiger partial charge in [0.25, 0.3) is 5.91 Å². The Morgan fingerprint density at radius 2 is 1.82 bits per heavy atom. The lowest BCUT2D eigenvalue weighted by atomic mass is 10.1. The van der Waals surface area contributed by atoms with Crippen LogP contribution in [0.5, 0.6) is 17.2 Å². The zero-order valence-corrected chi connectivity index (χ0v) is 16.0. The lowest BCUT2D eigenvalue weighted by molar-refractivity contribution is 0.0698. The van der Waals surface area contributed by atoms with Gasteiger partial charge in [-0.3, -0.25) is 10.1 Å². The van der Waals surface area contributed by atoms with E-state index in [-0.39, 0.29) is 34.2 Å². The first kappa shape index (κ1) is 19.2. The summed E-state index contributed by atoms with van der Waals surface area (Å²) < 4.78 is 20.8. The minimum absolute atomic E-state index is 0.141. The first-order chi connectivity index (χ1) is 13.5. The number of hydrogen-bond donors (Lipinski definition) is 2. The number of nitrogens with zero attached hydrogens (tertiary/aromatic N) is 1. The number of methoxy groups -OCH3 is 3. The van der Waals surface area contributed by atoms with Gasteiger partial charge in [0.05, 0.1) is 26.2 Å². The van der Waals surface area contributed by atoms with E-state index in [9.17, 15) is 14.7 Å². The number of aromatic carboxylic acids is 1. The Hall–Kier alpha value is -3.53. The number of rotatable bonds is 7. The second-order valence-electron chi connectivity index (χ2n) is 5.39. The lowest BCUT2D eigenvalue weighted by Gasteiger charge is -2.13. The Kier molecular flexibility index (Phi) is 5.50. The molecule has 1 aromatic carbocycles. The first-order valence-corrected chi connectivity index (χ1v) is 8.76. The summed E-state index contributed by atoms with van der Waals surface area (Å²) in [5.41, 5.74) is 0.0610. The van der Waals surface area contributed by atoms with Crippen LogP contribution in [0.2, 0.25) is 0 Å². The second kappa shape index (κ2) is 8.01. The molecule has 0 aliphatic rings. The van der Waals surface area contributed by atoms with E-state index >= 15 is 0 Å². The number of carbonyl (C=O) groups is 2. The highest BCUT2D eigenvalue weighted by Gasteiger charge is 2.26. The van der Waals surface area contributed by atoms with Crippen LogP contribution < -0.4 is 19.5 Å². The zero-order chi connectivity index (χ0) is 20.3. The van der Waals surface area contributed by atoms with Gasteiger partial charge in [-0.15, -0.1) is 11.3 Å². The molecule has 2 N–H and O–H groups in total. The summed E-state index contributed by atoms with van der Waals surface area (Å²) in [6.07, 6.45) is 0. The molecule has 0 saturated carbocycles. The SMILES string of the molecule is COc1cc(C(=O)Nc2onc(-c3cccs3)c2C(=O)O)cc(OC)c1OC. The number of carboxylic acids is 1. The minimum Gasteiger partial charge on any atom is -0.493 e. The highest BCUT2D eigenvalue weighted by Crippen LogP contribution is 2.38. The third kappa shape index (κ3) is 3.49. The molecule has 0 atom stereocenters. The van der Waals surface area contributed by atoms with Gasteiger partial charge < -0.3 is 23.8 Å². The fourth-order valence-corrected chi connectivity index (χ4v) is 3.25. The molecule has 0 spiro atoms. The van der Waals surface area contributed by atoms with Crippen molar-refractivity contribution in [1.29, 1.82) is 0 Å². The van der Waals surface area contributed by atoms with Crippen LogP contribution in [0.1, 0.15) is 20.7 Å². The van der Waals surface area contributed by atoms with Crippen molar-refractivity contribution in [3.63, 3.8) is 0 Å². The van der Waals surface area contributed by atoms with Crippen molar-refractivity contribution in [2.75, 3.05) is 26.6 Å². The number of amides is 1. The van der Waals surface area contributed by atoms with Crippen molar-refractivity contribution >= 4 is 29.1 Å². The fraction of sp³-hybridized carbons (Fsp3) is 0.167. The van der Waals surface area contributed by atoms with E-state index in [2.05, 4.69) is 10.5 Å². The second-order valence-corrected chi connectivity index (χ2v) is 6.33. The van der Waals surface area contributed by atoms with E-state index in [0.717, 1.165) is 0 Å². The molecule has 0 aliphatic heterocycles. The monoisotopic (exact) mass is 404 g/mol. The van der Waals surface area contributed by atoms with Gasteiger partial charge in [-0.1, -0.05) is 11.2 Å². The molecule has 1 amide bonds. The van der Waals surface area contributed by atoms with Crippen LogP contribution in [-0.2, 0) is 0 Å². The summed E-state index contributed by atoms with van der Waals surface area (Å²) in [6.45, 7) is 0. The number of ether oxygens (including phenoxy) is 3. The Labute approximate surface area is 163 Å². The Morgan fingerprint density at radius 3 is 2.32 bits per heavy atom. The summed E-state index contributed by atoms with van der Waals surface area (Å²) in [5.74, 6) is -1.29. The minimum atomic E-state index is -1.27. The van der Waals surface area contributed by atoms with Crippen LogP contribution in [0.15, 0.2) is 34.2 Å². The maximum atomic E-state index is 12.7.